The zero-order chi connectivity index (χ0) is 15.4. The highest BCUT2D eigenvalue weighted by Gasteiger charge is 2.19. The second-order valence-electron chi connectivity index (χ2n) is 5.49. The zero-order valence-electron chi connectivity index (χ0n) is 12.2. The van der Waals surface area contributed by atoms with Crippen molar-refractivity contribution in [2.24, 2.45) is 5.73 Å². The molecule has 110 valence electrons. The van der Waals surface area contributed by atoms with Crippen LogP contribution in [0.2, 0.25) is 0 Å². The molecule has 0 amide bonds. The molecule has 0 bridgehead atoms. The lowest BCUT2D eigenvalue weighted by Gasteiger charge is -2.21. The molecule has 4 N–H and O–H groups in total. The minimum Gasteiger partial charge on any atom is -0.320 e. The van der Waals surface area contributed by atoms with Crippen molar-refractivity contribution in [2.45, 2.75) is 33.2 Å². The summed E-state index contributed by atoms with van der Waals surface area (Å²) in [6.45, 7) is 7.51. The van der Waals surface area contributed by atoms with Gasteiger partial charge in [0, 0.05) is 11.1 Å². The van der Waals surface area contributed by atoms with Gasteiger partial charge in [-0.05, 0) is 51.5 Å². The molecule has 1 rings (SSSR count). The maximum absolute atomic E-state index is 11.9. The third-order valence-corrected chi connectivity index (χ3v) is 3.63. The molecule has 1 aromatic carbocycles. The van der Waals surface area contributed by atoms with E-state index in [4.69, 9.17) is 5.73 Å². The summed E-state index contributed by atoms with van der Waals surface area (Å²) in [5.74, 6) is 5.70. The van der Waals surface area contributed by atoms with Crippen molar-refractivity contribution in [1.29, 1.82) is 0 Å². The second-order valence-corrected chi connectivity index (χ2v) is 6.91. The lowest BCUT2D eigenvalue weighted by Crippen LogP contribution is -2.43. The number of hydrogen-bond acceptors (Lipinski definition) is 3. The van der Waals surface area contributed by atoms with E-state index >= 15 is 0 Å². The Balaban J connectivity index is 2.92. The summed E-state index contributed by atoms with van der Waals surface area (Å²) < 4.78 is 28.9. The van der Waals surface area contributed by atoms with Gasteiger partial charge in [0.1, 0.15) is 0 Å². The molecule has 5 nitrogen and oxygen atoms in total. The van der Waals surface area contributed by atoms with Crippen LogP contribution < -0.4 is 15.2 Å². The predicted molar refractivity (Wildman–Crippen MR) is 82.5 cm³/mol. The molecule has 6 heteroatoms. The van der Waals surface area contributed by atoms with Crippen LogP contribution in [-0.4, -0.2) is 20.5 Å². The predicted octanol–water partition coefficient (Wildman–Crippen LogP) is 1.35. The first-order valence-electron chi connectivity index (χ1n) is 6.24. The van der Waals surface area contributed by atoms with Gasteiger partial charge in [0.2, 0.25) is 0 Å². The Labute approximate surface area is 121 Å². The van der Waals surface area contributed by atoms with Crippen LogP contribution in [0.25, 0.3) is 0 Å². The summed E-state index contributed by atoms with van der Waals surface area (Å²) in [5, 5.41) is 0. The molecule has 0 heterocycles. The molecule has 20 heavy (non-hydrogen) atoms. The third kappa shape index (κ3) is 5.61. The fourth-order valence-corrected chi connectivity index (χ4v) is 2.89. The van der Waals surface area contributed by atoms with Gasteiger partial charge in [-0.3, -0.25) is 4.72 Å². The maximum atomic E-state index is 11.9. The smallest absolute Gasteiger partial charge is 0.299 e. The van der Waals surface area contributed by atoms with E-state index in [9.17, 15) is 8.42 Å². The van der Waals surface area contributed by atoms with Crippen LogP contribution in [-0.2, 0) is 10.2 Å². The molecule has 0 radical (unpaired) electrons. The molecule has 0 aliphatic rings. The molecule has 0 fully saturated rings. The summed E-state index contributed by atoms with van der Waals surface area (Å²) >= 11 is 0. The van der Waals surface area contributed by atoms with E-state index in [0.717, 1.165) is 11.1 Å². The van der Waals surface area contributed by atoms with Crippen molar-refractivity contribution in [3.8, 4) is 11.8 Å². The molecule has 0 aromatic heterocycles. The van der Waals surface area contributed by atoms with Gasteiger partial charge in [0.05, 0.1) is 12.2 Å². The van der Waals surface area contributed by atoms with Gasteiger partial charge in [-0.25, -0.2) is 0 Å². The average molecular weight is 295 g/mol. The zero-order valence-corrected chi connectivity index (χ0v) is 13.1. The Bertz CT molecular complexity index is 635. The number of nitrogens with one attached hydrogen (secondary N) is 2. The Hall–Kier alpha value is -1.55. The number of anilines is 1. The molecule has 0 unspecified atom stereocenters. The SMILES string of the molecule is Cc1cc(NS(=O)(=O)NC(C)(C)C)ccc1C#CCN. The van der Waals surface area contributed by atoms with E-state index in [1.165, 1.54) is 0 Å². The monoisotopic (exact) mass is 295 g/mol. The normalized spacial score (nSPS) is 11.7. The summed E-state index contributed by atoms with van der Waals surface area (Å²) in [4.78, 5) is 0. The number of benzene rings is 1. The first-order chi connectivity index (χ1) is 9.13. The Kier molecular flexibility index (Phi) is 5.17. The van der Waals surface area contributed by atoms with Crippen molar-refractivity contribution in [2.75, 3.05) is 11.3 Å². The lowest BCUT2D eigenvalue weighted by atomic mass is 10.1. The van der Waals surface area contributed by atoms with Crippen LogP contribution in [0.4, 0.5) is 5.69 Å². The van der Waals surface area contributed by atoms with Crippen molar-refractivity contribution in [3.63, 3.8) is 0 Å². The average Bonchev–Trinajstić information content (AvgIpc) is 2.23. The van der Waals surface area contributed by atoms with Crippen molar-refractivity contribution in [3.05, 3.63) is 29.3 Å². The highest BCUT2D eigenvalue weighted by atomic mass is 32.2. The van der Waals surface area contributed by atoms with Crippen LogP contribution in [0.15, 0.2) is 18.2 Å². The third-order valence-electron chi connectivity index (χ3n) is 2.24. The molecule has 0 spiro atoms. The van der Waals surface area contributed by atoms with Crippen molar-refractivity contribution >= 4 is 15.9 Å². The summed E-state index contributed by atoms with van der Waals surface area (Å²) in [6.07, 6.45) is 0. The molecule has 0 aliphatic carbocycles. The van der Waals surface area contributed by atoms with Gasteiger partial charge in [0.25, 0.3) is 10.2 Å². The summed E-state index contributed by atoms with van der Waals surface area (Å²) in [6, 6.07) is 5.19. The topological polar surface area (TPSA) is 84.2 Å². The van der Waals surface area contributed by atoms with Crippen molar-refractivity contribution < 1.29 is 8.42 Å². The fourth-order valence-electron chi connectivity index (χ4n) is 1.60. The van der Waals surface area contributed by atoms with Crippen LogP contribution in [0.5, 0.6) is 0 Å². The van der Waals surface area contributed by atoms with Gasteiger partial charge < -0.3 is 5.73 Å². The minimum atomic E-state index is -3.59. The fraction of sp³-hybridized carbons (Fsp3) is 0.429. The van der Waals surface area contributed by atoms with Crippen LogP contribution in [0.1, 0.15) is 31.9 Å². The molecule has 0 atom stereocenters. The van der Waals surface area contributed by atoms with Gasteiger partial charge in [-0.15, -0.1) is 0 Å². The molecule has 0 aliphatic heterocycles. The molecular formula is C14H21N3O2S. The number of aryl methyl sites for hydroxylation is 1. The number of hydrogen-bond donors (Lipinski definition) is 3. The Morgan fingerprint density at radius 1 is 1.30 bits per heavy atom. The van der Waals surface area contributed by atoms with E-state index < -0.39 is 15.7 Å². The van der Waals surface area contributed by atoms with Crippen molar-refractivity contribution in [1.82, 2.24) is 4.72 Å². The summed E-state index contributed by atoms with van der Waals surface area (Å²) in [7, 11) is -3.59. The highest BCUT2D eigenvalue weighted by molar-refractivity contribution is 7.90. The molecule has 0 saturated carbocycles. The van der Waals surface area contributed by atoms with Gasteiger partial charge in [-0.2, -0.15) is 13.1 Å². The lowest BCUT2D eigenvalue weighted by molar-refractivity contribution is 0.494. The first-order valence-corrected chi connectivity index (χ1v) is 7.72. The van der Waals surface area contributed by atoms with E-state index in [1.54, 1.807) is 39.0 Å². The maximum Gasteiger partial charge on any atom is 0.299 e. The van der Waals surface area contributed by atoms with E-state index in [2.05, 4.69) is 21.3 Å². The minimum absolute atomic E-state index is 0.295. The largest absolute Gasteiger partial charge is 0.320 e. The van der Waals surface area contributed by atoms with Crippen LogP contribution in [0, 0.1) is 18.8 Å². The number of nitrogens with two attached hydrogens (primary N) is 1. The van der Waals surface area contributed by atoms with Crippen LogP contribution >= 0.6 is 0 Å². The Morgan fingerprint density at radius 3 is 2.45 bits per heavy atom. The Morgan fingerprint density at radius 2 is 1.95 bits per heavy atom. The van der Waals surface area contributed by atoms with Gasteiger partial charge >= 0.3 is 0 Å². The second kappa shape index (κ2) is 6.27. The molecule has 0 saturated heterocycles. The summed E-state index contributed by atoms with van der Waals surface area (Å²) in [5.41, 5.74) is 7.01. The quantitative estimate of drug-likeness (QED) is 0.736. The standard InChI is InChI=1S/C14H21N3O2S/c1-11-10-13(8-7-12(11)6-5-9-15)16-20(18,19)17-14(2,3)4/h7-8,10,16-17H,9,15H2,1-4H3. The first kappa shape index (κ1) is 16.5. The molecular weight excluding hydrogens is 274 g/mol. The number of rotatable bonds is 3. The highest BCUT2D eigenvalue weighted by Crippen LogP contribution is 2.16. The van der Waals surface area contributed by atoms with E-state index in [1.807, 2.05) is 6.92 Å². The van der Waals surface area contributed by atoms with Gasteiger partial charge in [-0.1, -0.05) is 11.8 Å². The molecule has 1 aromatic rings. The van der Waals surface area contributed by atoms with E-state index in [-0.39, 0.29) is 0 Å². The van der Waals surface area contributed by atoms with E-state index in [0.29, 0.717) is 12.2 Å². The van der Waals surface area contributed by atoms with Crippen LogP contribution in [0.3, 0.4) is 0 Å². The van der Waals surface area contributed by atoms with Gasteiger partial charge in [0.15, 0.2) is 0 Å².